The maximum absolute atomic E-state index is 5.78. The third kappa shape index (κ3) is 5.19. The van der Waals surface area contributed by atoms with Gasteiger partial charge >= 0.3 is 0 Å². The molecule has 0 unspecified atom stereocenters. The van der Waals surface area contributed by atoms with Crippen LogP contribution in [0.15, 0.2) is 48.5 Å². The molecule has 1 saturated heterocycles. The fraction of sp³-hybridized carbons (Fsp3) is 0.385. The van der Waals surface area contributed by atoms with Crippen LogP contribution in [0.1, 0.15) is 33.6 Å². The first kappa shape index (κ1) is 22.5. The molecule has 0 spiro atoms. The molecular formula is C26H33N5S. The van der Waals surface area contributed by atoms with Gasteiger partial charge in [-0.3, -0.25) is 9.58 Å². The lowest BCUT2D eigenvalue weighted by molar-refractivity contribution is 0.176. The highest BCUT2D eigenvalue weighted by molar-refractivity contribution is 7.80. The number of nitrogens with one attached hydrogen (secondary N) is 1. The fourth-order valence-electron chi connectivity index (χ4n) is 4.22. The lowest BCUT2D eigenvalue weighted by Gasteiger charge is -2.36. The van der Waals surface area contributed by atoms with Gasteiger partial charge in [0, 0.05) is 32.7 Å². The summed E-state index contributed by atoms with van der Waals surface area (Å²) in [6.45, 7) is 14.1. The van der Waals surface area contributed by atoms with Crippen LogP contribution in [0.4, 0.5) is 5.69 Å². The summed E-state index contributed by atoms with van der Waals surface area (Å²) in [4.78, 5) is 4.79. The van der Waals surface area contributed by atoms with E-state index in [1.54, 1.807) is 0 Å². The van der Waals surface area contributed by atoms with E-state index in [1.165, 1.54) is 22.3 Å². The molecule has 2 aromatic carbocycles. The smallest absolute Gasteiger partial charge is 0.173 e. The standard InChI is InChI=1S/C26H33N5S/c1-19-9-11-23(12-10-19)17-31-22(4)25(21(3)28-31)27-26(32)30-15-13-29(14-16-30)18-24-8-6-5-7-20(24)2/h5-12H,13-18H2,1-4H3,(H,27,32). The number of anilines is 1. The van der Waals surface area contributed by atoms with Crippen molar-refractivity contribution in [2.75, 3.05) is 31.5 Å². The Kier molecular flexibility index (Phi) is 6.92. The van der Waals surface area contributed by atoms with Crippen LogP contribution >= 0.6 is 12.2 Å². The average Bonchev–Trinajstić information content (AvgIpc) is 3.04. The molecular weight excluding hydrogens is 414 g/mol. The number of aryl methyl sites for hydroxylation is 3. The zero-order valence-corrected chi connectivity index (χ0v) is 20.4. The highest BCUT2D eigenvalue weighted by atomic mass is 32.1. The Bertz CT molecular complexity index is 1080. The van der Waals surface area contributed by atoms with E-state index in [-0.39, 0.29) is 0 Å². The van der Waals surface area contributed by atoms with Crippen LogP contribution in [-0.4, -0.2) is 50.9 Å². The number of nitrogens with zero attached hydrogens (tertiary/aromatic N) is 4. The second kappa shape index (κ2) is 9.84. The second-order valence-electron chi connectivity index (χ2n) is 8.81. The molecule has 5 nitrogen and oxygen atoms in total. The number of thiocarbonyl (C=S) groups is 1. The number of rotatable bonds is 5. The molecule has 4 rings (SSSR count). The van der Waals surface area contributed by atoms with E-state index in [4.69, 9.17) is 17.3 Å². The van der Waals surface area contributed by atoms with Gasteiger partial charge in [0.1, 0.15) is 0 Å². The summed E-state index contributed by atoms with van der Waals surface area (Å²) in [5.74, 6) is 0. The maximum atomic E-state index is 5.78. The first-order chi connectivity index (χ1) is 15.4. The molecule has 2 heterocycles. The van der Waals surface area contributed by atoms with Crippen molar-refractivity contribution in [3.63, 3.8) is 0 Å². The van der Waals surface area contributed by atoms with Crippen LogP contribution in [-0.2, 0) is 13.1 Å². The van der Waals surface area contributed by atoms with Crippen molar-refractivity contribution in [3.8, 4) is 0 Å². The molecule has 0 atom stereocenters. The molecule has 1 aliphatic rings. The first-order valence-corrected chi connectivity index (χ1v) is 11.7. The summed E-state index contributed by atoms with van der Waals surface area (Å²) in [6.07, 6.45) is 0. The highest BCUT2D eigenvalue weighted by Gasteiger charge is 2.21. The maximum Gasteiger partial charge on any atom is 0.173 e. The Morgan fingerprint density at radius 3 is 2.28 bits per heavy atom. The van der Waals surface area contributed by atoms with Crippen molar-refractivity contribution in [1.82, 2.24) is 19.6 Å². The van der Waals surface area contributed by atoms with Gasteiger partial charge in [0.25, 0.3) is 0 Å². The molecule has 1 aromatic heterocycles. The zero-order valence-electron chi connectivity index (χ0n) is 19.6. The molecule has 0 amide bonds. The van der Waals surface area contributed by atoms with Gasteiger partial charge in [-0.1, -0.05) is 54.1 Å². The second-order valence-corrected chi connectivity index (χ2v) is 9.20. The number of hydrogen-bond acceptors (Lipinski definition) is 3. The Hall–Kier alpha value is -2.70. The summed E-state index contributed by atoms with van der Waals surface area (Å²) in [5.41, 5.74) is 8.42. The zero-order chi connectivity index (χ0) is 22.7. The van der Waals surface area contributed by atoms with Crippen LogP contribution in [0.3, 0.4) is 0 Å². The van der Waals surface area contributed by atoms with E-state index in [2.05, 4.69) is 89.1 Å². The number of hydrogen-bond donors (Lipinski definition) is 1. The van der Waals surface area contributed by atoms with Gasteiger partial charge < -0.3 is 10.2 Å². The van der Waals surface area contributed by atoms with Gasteiger partial charge in [0.15, 0.2) is 5.11 Å². The van der Waals surface area contributed by atoms with E-state index in [0.29, 0.717) is 0 Å². The van der Waals surface area contributed by atoms with Crippen LogP contribution in [0, 0.1) is 27.7 Å². The molecule has 1 N–H and O–H groups in total. The lowest BCUT2D eigenvalue weighted by atomic mass is 10.1. The van der Waals surface area contributed by atoms with Crippen molar-refractivity contribution < 1.29 is 0 Å². The Balaban J connectivity index is 1.35. The van der Waals surface area contributed by atoms with Crippen molar-refractivity contribution in [1.29, 1.82) is 0 Å². The van der Waals surface area contributed by atoms with Crippen molar-refractivity contribution in [3.05, 3.63) is 82.2 Å². The van der Waals surface area contributed by atoms with Crippen LogP contribution in [0.2, 0.25) is 0 Å². The quantitative estimate of drug-likeness (QED) is 0.575. The molecule has 168 valence electrons. The van der Waals surface area contributed by atoms with E-state index in [1.807, 2.05) is 6.92 Å². The van der Waals surface area contributed by atoms with E-state index < -0.39 is 0 Å². The van der Waals surface area contributed by atoms with Gasteiger partial charge in [-0.15, -0.1) is 0 Å². The third-order valence-electron chi connectivity index (χ3n) is 6.38. The molecule has 3 aromatic rings. The minimum absolute atomic E-state index is 0.763. The molecule has 32 heavy (non-hydrogen) atoms. The van der Waals surface area contributed by atoms with Gasteiger partial charge in [0.05, 0.1) is 23.6 Å². The molecule has 1 fully saturated rings. The normalized spacial score (nSPS) is 14.6. The number of benzene rings is 2. The van der Waals surface area contributed by atoms with Crippen molar-refractivity contribution in [2.45, 2.75) is 40.8 Å². The van der Waals surface area contributed by atoms with Gasteiger partial charge in [-0.25, -0.2) is 0 Å². The van der Waals surface area contributed by atoms with Crippen LogP contribution in [0.5, 0.6) is 0 Å². The summed E-state index contributed by atoms with van der Waals surface area (Å²) in [6, 6.07) is 17.3. The average molecular weight is 448 g/mol. The minimum atomic E-state index is 0.763. The van der Waals surface area contributed by atoms with E-state index in [9.17, 15) is 0 Å². The predicted molar refractivity (Wildman–Crippen MR) is 136 cm³/mol. The third-order valence-corrected chi connectivity index (χ3v) is 6.74. The summed E-state index contributed by atoms with van der Waals surface area (Å²) in [7, 11) is 0. The molecule has 0 radical (unpaired) electrons. The SMILES string of the molecule is Cc1ccc(Cn2nc(C)c(NC(=S)N3CCN(Cc4ccccc4C)CC3)c2C)cc1. The largest absolute Gasteiger partial charge is 0.346 e. The number of aromatic nitrogens is 2. The number of piperazine rings is 1. The summed E-state index contributed by atoms with van der Waals surface area (Å²) < 4.78 is 2.06. The summed E-state index contributed by atoms with van der Waals surface area (Å²) >= 11 is 5.78. The van der Waals surface area contributed by atoms with E-state index >= 15 is 0 Å². The molecule has 0 aliphatic carbocycles. The van der Waals surface area contributed by atoms with Crippen molar-refractivity contribution in [2.24, 2.45) is 0 Å². The van der Waals surface area contributed by atoms with Gasteiger partial charge in [-0.05, 0) is 56.6 Å². The summed E-state index contributed by atoms with van der Waals surface area (Å²) in [5, 5.41) is 9.05. The topological polar surface area (TPSA) is 36.3 Å². The van der Waals surface area contributed by atoms with E-state index in [0.717, 1.165) is 61.5 Å². The Morgan fingerprint density at radius 2 is 1.59 bits per heavy atom. The predicted octanol–water partition coefficient (Wildman–Crippen LogP) is 4.68. The van der Waals surface area contributed by atoms with Crippen molar-refractivity contribution >= 4 is 23.0 Å². The van der Waals surface area contributed by atoms with Gasteiger partial charge in [-0.2, -0.15) is 5.10 Å². The fourth-order valence-corrected chi connectivity index (χ4v) is 4.51. The monoisotopic (exact) mass is 447 g/mol. The lowest BCUT2D eigenvalue weighted by Crippen LogP contribution is -2.49. The Morgan fingerprint density at radius 1 is 0.906 bits per heavy atom. The molecule has 0 bridgehead atoms. The molecule has 6 heteroatoms. The highest BCUT2D eigenvalue weighted by Crippen LogP contribution is 2.22. The Labute approximate surface area is 197 Å². The molecule has 0 saturated carbocycles. The van der Waals surface area contributed by atoms with Gasteiger partial charge in [0.2, 0.25) is 0 Å². The molecule has 1 aliphatic heterocycles. The van der Waals surface area contributed by atoms with Crippen LogP contribution in [0.25, 0.3) is 0 Å². The first-order valence-electron chi connectivity index (χ1n) is 11.3. The van der Waals surface area contributed by atoms with Crippen LogP contribution < -0.4 is 5.32 Å². The minimum Gasteiger partial charge on any atom is -0.346 e.